The van der Waals surface area contributed by atoms with Gasteiger partial charge in [0, 0.05) is 19.5 Å². The molecule has 1 aromatic rings. The van der Waals surface area contributed by atoms with Gasteiger partial charge in [0.2, 0.25) is 0 Å². The fourth-order valence-corrected chi connectivity index (χ4v) is 3.63. The van der Waals surface area contributed by atoms with E-state index in [0.717, 1.165) is 17.9 Å². The maximum absolute atomic E-state index is 8.17. The molecule has 6 nitrogen and oxygen atoms in total. The number of hydrogen-bond donors (Lipinski definition) is 2. The van der Waals surface area contributed by atoms with Gasteiger partial charge in [0.15, 0.2) is 11.7 Å². The number of ether oxygens (including phenoxy) is 3. The molecule has 0 spiro atoms. The molecule has 2 aliphatic rings. The molecule has 2 N–H and O–H groups in total. The first-order valence-electron chi connectivity index (χ1n) is 9.09. The first-order valence-corrected chi connectivity index (χ1v) is 9.09. The van der Waals surface area contributed by atoms with Crippen molar-refractivity contribution in [3.8, 4) is 11.5 Å². The van der Waals surface area contributed by atoms with Crippen LogP contribution in [0, 0.1) is 11.3 Å². The van der Waals surface area contributed by atoms with Gasteiger partial charge in [0.1, 0.15) is 24.8 Å². The van der Waals surface area contributed by atoms with E-state index in [4.69, 9.17) is 19.6 Å². The van der Waals surface area contributed by atoms with E-state index in [1.807, 2.05) is 31.3 Å². The molecule has 1 aromatic carbocycles. The topological polar surface area (TPSA) is 66.8 Å². The molecular weight excluding hydrogens is 318 g/mol. The van der Waals surface area contributed by atoms with Crippen molar-refractivity contribution in [1.82, 2.24) is 10.2 Å². The number of nitrogens with zero attached hydrogens (tertiary/aromatic N) is 1. The SMILES string of the molecule is COc1cccc(OCC2(CC3CCCCC3)NC(=N)N(C)CO2)c1. The summed E-state index contributed by atoms with van der Waals surface area (Å²) in [6.07, 6.45) is 7.23. The summed E-state index contributed by atoms with van der Waals surface area (Å²) in [5.41, 5.74) is -0.644. The average Bonchev–Trinajstić information content (AvgIpc) is 2.64. The summed E-state index contributed by atoms with van der Waals surface area (Å²) in [5.74, 6) is 2.52. The molecule has 0 bridgehead atoms. The molecule has 1 aliphatic carbocycles. The van der Waals surface area contributed by atoms with E-state index in [0.29, 0.717) is 25.2 Å². The zero-order valence-corrected chi connectivity index (χ0v) is 15.2. The molecule has 3 rings (SSSR count). The Labute approximate surface area is 149 Å². The van der Waals surface area contributed by atoms with E-state index in [-0.39, 0.29) is 0 Å². The van der Waals surface area contributed by atoms with Crippen molar-refractivity contribution < 1.29 is 14.2 Å². The second-order valence-electron chi connectivity index (χ2n) is 7.12. The summed E-state index contributed by atoms with van der Waals surface area (Å²) < 4.78 is 17.4. The van der Waals surface area contributed by atoms with Gasteiger partial charge in [-0.1, -0.05) is 38.2 Å². The molecule has 0 amide bonds. The highest BCUT2D eigenvalue weighted by molar-refractivity contribution is 5.77. The zero-order chi connectivity index (χ0) is 17.7. The van der Waals surface area contributed by atoms with Gasteiger partial charge in [-0.05, 0) is 18.1 Å². The lowest BCUT2D eigenvalue weighted by Crippen LogP contribution is -2.64. The lowest BCUT2D eigenvalue weighted by atomic mass is 9.83. The molecule has 138 valence electrons. The predicted molar refractivity (Wildman–Crippen MR) is 97.0 cm³/mol. The Hall–Kier alpha value is -1.95. The first kappa shape index (κ1) is 17.9. The maximum Gasteiger partial charge on any atom is 0.194 e. The van der Waals surface area contributed by atoms with E-state index in [2.05, 4.69) is 5.32 Å². The highest BCUT2D eigenvalue weighted by Gasteiger charge is 2.40. The molecule has 1 heterocycles. The minimum absolute atomic E-state index is 0.368. The predicted octanol–water partition coefficient (Wildman–Crippen LogP) is 3.18. The minimum atomic E-state index is -0.644. The van der Waals surface area contributed by atoms with Crippen molar-refractivity contribution in [3.63, 3.8) is 0 Å². The van der Waals surface area contributed by atoms with E-state index in [1.54, 1.807) is 12.0 Å². The molecule has 0 aromatic heterocycles. The molecule has 0 radical (unpaired) electrons. The maximum atomic E-state index is 8.17. The Balaban J connectivity index is 1.70. The molecule has 1 atom stereocenters. The zero-order valence-electron chi connectivity index (χ0n) is 15.2. The fourth-order valence-electron chi connectivity index (χ4n) is 3.63. The van der Waals surface area contributed by atoms with Gasteiger partial charge in [-0.15, -0.1) is 0 Å². The van der Waals surface area contributed by atoms with Crippen LogP contribution in [0.15, 0.2) is 24.3 Å². The van der Waals surface area contributed by atoms with Gasteiger partial charge in [0.25, 0.3) is 0 Å². The third-order valence-corrected chi connectivity index (χ3v) is 5.12. The number of benzene rings is 1. The summed E-state index contributed by atoms with van der Waals surface area (Å²) in [5, 5.41) is 11.4. The third kappa shape index (κ3) is 4.57. The van der Waals surface area contributed by atoms with Crippen LogP contribution in [0.2, 0.25) is 0 Å². The minimum Gasteiger partial charge on any atom is -0.497 e. The normalized spacial score (nSPS) is 24.7. The molecular formula is C19H29N3O3. The van der Waals surface area contributed by atoms with Crippen LogP contribution in [0.25, 0.3) is 0 Å². The Kier molecular flexibility index (Phi) is 5.68. The lowest BCUT2D eigenvalue weighted by molar-refractivity contribution is -0.141. The van der Waals surface area contributed by atoms with Crippen molar-refractivity contribution in [3.05, 3.63) is 24.3 Å². The summed E-state index contributed by atoms with van der Waals surface area (Å²) in [6.45, 7) is 0.771. The van der Waals surface area contributed by atoms with Gasteiger partial charge >= 0.3 is 0 Å². The lowest BCUT2D eigenvalue weighted by Gasteiger charge is -2.44. The first-order chi connectivity index (χ1) is 12.1. The van der Waals surface area contributed by atoms with Gasteiger partial charge in [-0.2, -0.15) is 0 Å². The summed E-state index contributed by atoms with van der Waals surface area (Å²) in [6, 6.07) is 7.59. The van der Waals surface area contributed by atoms with Gasteiger partial charge in [-0.25, -0.2) is 0 Å². The molecule has 25 heavy (non-hydrogen) atoms. The second kappa shape index (κ2) is 7.95. The van der Waals surface area contributed by atoms with Crippen molar-refractivity contribution >= 4 is 5.96 Å². The Morgan fingerprint density at radius 3 is 2.76 bits per heavy atom. The molecule has 2 fully saturated rings. The number of rotatable bonds is 6. The number of guanidine groups is 1. The Morgan fingerprint density at radius 2 is 2.04 bits per heavy atom. The van der Waals surface area contributed by atoms with E-state index >= 15 is 0 Å². The number of methoxy groups -OCH3 is 1. The third-order valence-electron chi connectivity index (χ3n) is 5.12. The van der Waals surface area contributed by atoms with Crippen LogP contribution in [0.1, 0.15) is 38.5 Å². The van der Waals surface area contributed by atoms with Crippen LogP contribution in [0.4, 0.5) is 0 Å². The van der Waals surface area contributed by atoms with Crippen LogP contribution < -0.4 is 14.8 Å². The van der Waals surface area contributed by atoms with Crippen molar-refractivity contribution in [2.24, 2.45) is 5.92 Å². The van der Waals surface area contributed by atoms with Crippen LogP contribution in [0.3, 0.4) is 0 Å². The van der Waals surface area contributed by atoms with Gasteiger partial charge in [0.05, 0.1) is 7.11 Å². The second-order valence-corrected chi connectivity index (χ2v) is 7.12. The van der Waals surface area contributed by atoms with E-state index < -0.39 is 5.72 Å². The van der Waals surface area contributed by atoms with Crippen molar-refractivity contribution in [2.75, 3.05) is 27.5 Å². The molecule has 1 unspecified atom stereocenters. The van der Waals surface area contributed by atoms with Crippen molar-refractivity contribution in [1.29, 1.82) is 5.41 Å². The molecule has 6 heteroatoms. The smallest absolute Gasteiger partial charge is 0.194 e. The summed E-state index contributed by atoms with van der Waals surface area (Å²) >= 11 is 0. The Morgan fingerprint density at radius 1 is 1.28 bits per heavy atom. The molecule has 1 saturated carbocycles. The highest BCUT2D eigenvalue weighted by Crippen LogP contribution is 2.33. The van der Waals surface area contributed by atoms with Gasteiger partial charge < -0.3 is 24.4 Å². The quantitative estimate of drug-likeness (QED) is 0.827. The largest absolute Gasteiger partial charge is 0.497 e. The molecule has 1 saturated heterocycles. The van der Waals surface area contributed by atoms with Crippen LogP contribution in [-0.2, 0) is 4.74 Å². The summed E-state index contributed by atoms with van der Waals surface area (Å²) in [7, 11) is 3.50. The highest BCUT2D eigenvalue weighted by atomic mass is 16.6. The number of hydrogen-bond acceptors (Lipinski definition) is 4. The van der Waals surface area contributed by atoms with Crippen LogP contribution in [0.5, 0.6) is 11.5 Å². The fraction of sp³-hybridized carbons (Fsp3) is 0.632. The summed E-state index contributed by atoms with van der Waals surface area (Å²) in [4.78, 5) is 1.75. The van der Waals surface area contributed by atoms with E-state index in [1.165, 1.54) is 32.1 Å². The van der Waals surface area contributed by atoms with E-state index in [9.17, 15) is 0 Å². The average molecular weight is 347 g/mol. The monoisotopic (exact) mass is 347 g/mol. The van der Waals surface area contributed by atoms with Gasteiger partial charge in [-0.3, -0.25) is 5.41 Å². The standard InChI is InChI=1S/C19H29N3O3/c1-22-14-25-19(21-18(22)20,12-15-7-4-3-5-8-15)13-24-17-10-6-9-16(11-17)23-2/h6,9-11,15H,3-5,7-8,12-14H2,1-2H3,(H2,20,21). The number of nitrogens with one attached hydrogen (secondary N) is 2. The molecule has 1 aliphatic heterocycles. The Bertz CT molecular complexity index is 589. The van der Waals surface area contributed by atoms with Crippen molar-refractivity contribution in [2.45, 2.75) is 44.2 Å². The van der Waals surface area contributed by atoms with Crippen LogP contribution >= 0.6 is 0 Å². The van der Waals surface area contributed by atoms with Crippen LogP contribution in [-0.4, -0.2) is 44.1 Å².